The maximum Gasteiger partial charge on any atom is 0.573 e. The molecule has 2 atom stereocenters. The normalized spacial score (nSPS) is 15.3. The quantitative estimate of drug-likeness (QED) is 0.894. The molecule has 0 aliphatic heterocycles. The smallest absolute Gasteiger partial charge is 0.404 e. The Labute approximate surface area is 109 Å². The van der Waals surface area contributed by atoms with Crippen molar-refractivity contribution >= 4 is 11.6 Å². The molecule has 0 aliphatic rings. The lowest BCUT2D eigenvalue weighted by atomic mass is 9.93. The van der Waals surface area contributed by atoms with Gasteiger partial charge in [0, 0.05) is 6.04 Å². The minimum Gasteiger partial charge on any atom is -0.404 e. The Balaban J connectivity index is 2.92. The fourth-order valence-electron chi connectivity index (χ4n) is 1.51. The molecule has 0 heterocycles. The van der Waals surface area contributed by atoms with Gasteiger partial charge in [0.1, 0.15) is 5.75 Å². The highest BCUT2D eigenvalue weighted by atomic mass is 35.5. The Kier molecular flexibility index (Phi) is 4.87. The molecule has 0 radical (unpaired) electrons. The summed E-state index contributed by atoms with van der Waals surface area (Å²) in [5.41, 5.74) is 6.67. The second kappa shape index (κ2) is 5.80. The molecule has 2 N–H and O–H groups in total. The van der Waals surface area contributed by atoms with E-state index < -0.39 is 12.1 Å². The van der Waals surface area contributed by atoms with Crippen LogP contribution < -0.4 is 10.5 Å². The number of hydrogen-bond donors (Lipinski definition) is 1. The lowest BCUT2D eigenvalue weighted by Gasteiger charge is -2.19. The van der Waals surface area contributed by atoms with Gasteiger partial charge < -0.3 is 10.5 Å². The molecule has 1 aromatic rings. The zero-order valence-corrected chi connectivity index (χ0v) is 10.8. The molecule has 102 valence electrons. The van der Waals surface area contributed by atoms with Crippen LogP contribution in [0, 0.1) is 5.92 Å². The summed E-state index contributed by atoms with van der Waals surface area (Å²) in [6.45, 7) is 3.96. The fraction of sp³-hybridized carbons (Fsp3) is 0.500. The van der Waals surface area contributed by atoms with E-state index >= 15 is 0 Å². The van der Waals surface area contributed by atoms with Gasteiger partial charge in [0.2, 0.25) is 0 Å². The molecule has 0 saturated carbocycles. The summed E-state index contributed by atoms with van der Waals surface area (Å²) in [6, 6.07) is 3.85. The maximum absolute atomic E-state index is 12.1. The summed E-state index contributed by atoms with van der Waals surface area (Å²) in [4.78, 5) is 0. The predicted octanol–water partition coefficient (Wildman–Crippen LogP) is 4.28. The van der Waals surface area contributed by atoms with E-state index in [2.05, 4.69) is 4.74 Å². The van der Waals surface area contributed by atoms with Gasteiger partial charge in [0.25, 0.3) is 0 Å². The van der Waals surface area contributed by atoms with Crippen LogP contribution in [0.25, 0.3) is 0 Å². The third-order valence-electron chi connectivity index (χ3n) is 2.82. The van der Waals surface area contributed by atoms with Gasteiger partial charge in [-0.25, -0.2) is 0 Å². The SMILES string of the molecule is CCC(C)[C@H](N)c1ccc(OC(F)(F)F)c(Cl)c1. The first-order chi connectivity index (χ1) is 8.24. The van der Waals surface area contributed by atoms with Crippen molar-refractivity contribution in [2.24, 2.45) is 11.7 Å². The molecule has 0 spiro atoms. The molecule has 0 aromatic heterocycles. The highest BCUT2D eigenvalue weighted by Gasteiger charge is 2.32. The van der Waals surface area contributed by atoms with Crippen LogP contribution in [0.4, 0.5) is 13.2 Å². The molecule has 2 nitrogen and oxygen atoms in total. The van der Waals surface area contributed by atoms with Crippen LogP contribution in [0.3, 0.4) is 0 Å². The molecular formula is C12H15ClF3NO. The number of rotatable bonds is 4. The van der Waals surface area contributed by atoms with Gasteiger partial charge in [0.15, 0.2) is 0 Å². The molecule has 1 unspecified atom stereocenters. The Morgan fingerprint density at radius 2 is 2.00 bits per heavy atom. The number of alkyl halides is 3. The van der Waals surface area contributed by atoms with Crippen molar-refractivity contribution < 1.29 is 17.9 Å². The van der Waals surface area contributed by atoms with E-state index in [0.29, 0.717) is 5.56 Å². The van der Waals surface area contributed by atoms with Crippen LogP contribution in [0.2, 0.25) is 5.02 Å². The summed E-state index contributed by atoms with van der Waals surface area (Å²) in [7, 11) is 0. The molecule has 0 aliphatic carbocycles. The van der Waals surface area contributed by atoms with Gasteiger partial charge in [0.05, 0.1) is 5.02 Å². The van der Waals surface area contributed by atoms with Crippen molar-refractivity contribution in [3.8, 4) is 5.75 Å². The van der Waals surface area contributed by atoms with Crippen LogP contribution >= 0.6 is 11.6 Å². The Hall–Kier alpha value is -0.940. The van der Waals surface area contributed by atoms with Crippen molar-refractivity contribution in [1.82, 2.24) is 0 Å². The number of nitrogens with two attached hydrogens (primary N) is 1. The topological polar surface area (TPSA) is 35.2 Å². The van der Waals surface area contributed by atoms with Crippen molar-refractivity contribution in [1.29, 1.82) is 0 Å². The van der Waals surface area contributed by atoms with E-state index in [1.807, 2.05) is 13.8 Å². The standard InChI is InChI=1S/C12H15ClF3NO/c1-3-7(2)11(17)8-4-5-10(9(13)6-8)18-12(14,15)16/h4-7,11H,3,17H2,1-2H3/t7?,11-/m0/s1. The summed E-state index contributed by atoms with van der Waals surface area (Å²) >= 11 is 5.75. The summed E-state index contributed by atoms with van der Waals surface area (Å²) in [5.74, 6) is -0.195. The van der Waals surface area contributed by atoms with Crippen LogP contribution in [-0.2, 0) is 0 Å². The molecule has 1 rings (SSSR count). The van der Waals surface area contributed by atoms with Gasteiger partial charge in [-0.2, -0.15) is 0 Å². The van der Waals surface area contributed by atoms with Crippen molar-refractivity contribution in [3.05, 3.63) is 28.8 Å². The minimum atomic E-state index is -4.75. The number of halogens is 4. The molecule has 0 bridgehead atoms. The Morgan fingerprint density at radius 1 is 1.39 bits per heavy atom. The third kappa shape index (κ3) is 4.07. The first-order valence-electron chi connectivity index (χ1n) is 5.55. The highest BCUT2D eigenvalue weighted by molar-refractivity contribution is 6.32. The average Bonchev–Trinajstić information content (AvgIpc) is 2.28. The number of ether oxygens (including phenoxy) is 1. The Morgan fingerprint density at radius 3 is 2.44 bits per heavy atom. The zero-order chi connectivity index (χ0) is 13.9. The average molecular weight is 282 g/mol. The molecule has 18 heavy (non-hydrogen) atoms. The van der Waals surface area contributed by atoms with Crippen molar-refractivity contribution in [2.45, 2.75) is 32.7 Å². The molecule has 1 aromatic carbocycles. The second-order valence-corrected chi connectivity index (χ2v) is 4.56. The van der Waals surface area contributed by atoms with Crippen LogP contribution in [0.15, 0.2) is 18.2 Å². The Bertz CT molecular complexity index is 409. The van der Waals surface area contributed by atoms with Gasteiger partial charge in [-0.3, -0.25) is 0 Å². The number of benzene rings is 1. The molecule has 0 fully saturated rings. The summed E-state index contributed by atoms with van der Waals surface area (Å²) < 4.78 is 40.0. The van der Waals surface area contributed by atoms with Crippen molar-refractivity contribution in [2.75, 3.05) is 0 Å². The second-order valence-electron chi connectivity index (χ2n) is 4.15. The molecular weight excluding hydrogens is 267 g/mol. The maximum atomic E-state index is 12.1. The van der Waals surface area contributed by atoms with Crippen LogP contribution in [0.5, 0.6) is 5.75 Å². The molecule has 6 heteroatoms. The largest absolute Gasteiger partial charge is 0.573 e. The van der Waals surface area contributed by atoms with Crippen molar-refractivity contribution in [3.63, 3.8) is 0 Å². The summed E-state index contributed by atoms with van der Waals surface area (Å²) in [6.07, 6.45) is -3.87. The first kappa shape index (κ1) is 15.1. The molecule has 0 amide bonds. The predicted molar refractivity (Wildman–Crippen MR) is 64.5 cm³/mol. The van der Waals surface area contributed by atoms with E-state index in [1.165, 1.54) is 18.2 Å². The first-order valence-corrected chi connectivity index (χ1v) is 5.93. The minimum absolute atomic E-state index is 0.0939. The van der Waals surface area contributed by atoms with E-state index in [9.17, 15) is 13.2 Å². The van der Waals surface area contributed by atoms with Gasteiger partial charge in [-0.1, -0.05) is 37.9 Å². The van der Waals surface area contributed by atoms with E-state index in [-0.39, 0.29) is 17.0 Å². The fourth-order valence-corrected chi connectivity index (χ4v) is 1.74. The lowest BCUT2D eigenvalue weighted by molar-refractivity contribution is -0.274. The third-order valence-corrected chi connectivity index (χ3v) is 3.12. The van der Waals surface area contributed by atoms with E-state index in [4.69, 9.17) is 17.3 Å². The number of hydrogen-bond acceptors (Lipinski definition) is 2. The summed E-state index contributed by atoms with van der Waals surface area (Å²) in [5, 5.41) is -0.0939. The van der Waals surface area contributed by atoms with Gasteiger partial charge in [-0.15, -0.1) is 13.2 Å². The van der Waals surface area contributed by atoms with Gasteiger partial charge in [-0.05, 0) is 23.6 Å². The van der Waals surface area contributed by atoms with Crippen LogP contribution in [-0.4, -0.2) is 6.36 Å². The van der Waals surface area contributed by atoms with E-state index in [1.54, 1.807) is 0 Å². The lowest BCUT2D eigenvalue weighted by Crippen LogP contribution is -2.19. The molecule has 0 saturated heterocycles. The van der Waals surface area contributed by atoms with Gasteiger partial charge >= 0.3 is 6.36 Å². The highest BCUT2D eigenvalue weighted by Crippen LogP contribution is 2.33. The zero-order valence-electron chi connectivity index (χ0n) is 10.1. The van der Waals surface area contributed by atoms with Crippen LogP contribution in [0.1, 0.15) is 31.9 Å². The monoisotopic (exact) mass is 281 g/mol. The van der Waals surface area contributed by atoms with E-state index in [0.717, 1.165) is 6.42 Å².